The van der Waals surface area contributed by atoms with Gasteiger partial charge in [-0.25, -0.2) is 14.4 Å². The number of hydrogen-bond donors (Lipinski definition) is 2. The van der Waals surface area contributed by atoms with E-state index in [1.807, 2.05) is 4.90 Å². The van der Waals surface area contributed by atoms with E-state index in [1.54, 1.807) is 31.4 Å². The topological polar surface area (TPSA) is 73.9 Å². The van der Waals surface area contributed by atoms with Crippen LogP contribution in [0.25, 0.3) is 11.0 Å². The molecule has 0 radical (unpaired) electrons. The molecule has 2 N–H and O–H groups in total. The Morgan fingerprint density at radius 2 is 2.19 bits per heavy atom. The molecule has 1 atom stereocenters. The SMILES string of the molecule is CNc1cc(C(=O)N2CCCCC2c2nc3ccc(F)cc3[nH]2)ccn1. The van der Waals surface area contributed by atoms with Crippen molar-refractivity contribution in [2.24, 2.45) is 0 Å². The number of pyridine rings is 1. The van der Waals surface area contributed by atoms with Crippen molar-refractivity contribution >= 4 is 22.8 Å². The fourth-order valence-electron chi connectivity index (χ4n) is 3.48. The number of likely N-dealkylation sites (tertiary alicyclic amines) is 1. The van der Waals surface area contributed by atoms with E-state index in [0.717, 1.165) is 19.3 Å². The summed E-state index contributed by atoms with van der Waals surface area (Å²) in [5, 5.41) is 2.96. The van der Waals surface area contributed by atoms with Gasteiger partial charge in [-0.3, -0.25) is 4.79 Å². The fourth-order valence-corrected chi connectivity index (χ4v) is 3.48. The highest BCUT2D eigenvalue weighted by Crippen LogP contribution is 2.32. The van der Waals surface area contributed by atoms with Crippen LogP contribution >= 0.6 is 0 Å². The van der Waals surface area contributed by atoms with Crippen LogP contribution in [0, 0.1) is 5.82 Å². The van der Waals surface area contributed by atoms with Crippen molar-refractivity contribution < 1.29 is 9.18 Å². The van der Waals surface area contributed by atoms with E-state index in [2.05, 4.69) is 20.3 Å². The Kier molecular flexibility index (Phi) is 4.28. The molecule has 26 heavy (non-hydrogen) atoms. The van der Waals surface area contributed by atoms with Gasteiger partial charge in [0.2, 0.25) is 0 Å². The molecule has 1 amide bonds. The maximum Gasteiger partial charge on any atom is 0.254 e. The minimum absolute atomic E-state index is 0.0414. The summed E-state index contributed by atoms with van der Waals surface area (Å²) in [7, 11) is 1.77. The number of piperidine rings is 1. The first-order valence-electron chi connectivity index (χ1n) is 8.75. The predicted octanol–water partition coefficient (Wildman–Crippen LogP) is 3.51. The highest BCUT2D eigenvalue weighted by molar-refractivity contribution is 5.95. The number of nitrogens with one attached hydrogen (secondary N) is 2. The van der Waals surface area contributed by atoms with Gasteiger partial charge in [0, 0.05) is 25.4 Å². The third-order valence-corrected chi connectivity index (χ3v) is 4.80. The highest BCUT2D eigenvalue weighted by atomic mass is 19.1. The average molecular weight is 353 g/mol. The number of nitrogens with zero attached hydrogens (tertiary/aromatic N) is 3. The predicted molar refractivity (Wildman–Crippen MR) is 97.5 cm³/mol. The number of halogens is 1. The van der Waals surface area contributed by atoms with Crippen LogP contribution in [0.4, 0.5) is 10.2 Å². The smallest absolute Gasteiger partial charge is 0.254 e. The molecular formula is C19H20FN5O. The third kappa shape index (κ3) is 3.00. The van der Waals surface area contributed by atoms with Gasteiger partial charge in [0.1, 0.15) is 17.5 Å². The summed E-state index contributed by atoms with van der Waals surface area (Å²) in [5.41, 5.74) is 1.96. The first kappa shape index (κ1) is 16.5. The number of benzene rings is 1. The van der Waals surface area contributed by atoms with Gasteiger partial charge in [-0.05, 0) is 49.6 Å². The van der Waals surface area contributed by atoms with Gasteiger partial charge >= 0.3 is 0 Å². The second-order valence-corrected chi connectivity index (χ2v) is 6.47. The summed E-state index contributed by atoms with van der Waals surface area (Å²) in [5.74, 6) is 1.02. The lowest BCUT2D eigenvalue weighted by Gasteiger charge is -2.34. The van der Waals surface area contributed by atoms with E-state index in [4.69, 9.17) is 0 Å². The molecular weight excluding hydrogens is 333 g/mol. The molecule has 1 aliphatic heterocycles. The molecule has 0 bridgehead atoms. The zero-order valence-corrected chi connectivity index (χ0v) is 14.5. The van der Waals surface area contributed by atoms with Crippen molar-refractivity contribution in [1.82, 2.24) is 19.9 Å². The largest absolute Gasteiger partial charge is 0.373 e. The van der Waals surface area contributed by atoms with Crippen molar-refractivity contribution in [2.45, 2.75) is 25.3 Å². The average Bonchev–Trinajstić information content (AvgIpc) is 3.10. The van der Waals surface area contributed by atoms with Crippen LogP contribution in [0.3, 0.4) is 0 Å². The van der Waals surface area contributed by atoms with Crippen LogP contribution in [0.1, 0.15) is 41.5 Å². The summed E-state index contributed by atoms with van der Waals surface area (Å²) < 4.78 is 13.5. The Labute approximate surface area is 150 Å². The number of aromatic amines is 1. The number of carbonyl (C=O) groups excluding carboxylic acids is 1. The second kappa shape index (κ2) is 6.74. The zero-order chi connectivity index (χ0) is 18.1. The monoisotopic (exact) mass is 353 g/mol. The number of imidazole rings is 1. The summed E-state index contributed by atoms with van der Waals surface area (Å²) in [6.07, 6.45) is 4.44. The van der Waals surface area contributed by atoms with E-state index in [1.165, 1.54) is 12.1 Å². The number of fused-ring (bicyclic) bond motifs is 1. The lowest BCUT2D eigenvalue weighted by Crippen LogP contribution is -2.39. The maximum absolute atomic E-state index is 13.5. The summed E-state index contributed by atoms with van der Waals surface area (Å²) in [4.78, 5) is 26.9. The molecule has 2 aromatic heterocycles. The molecule has 1 unspecified atom stereocenters. The van der Waals surface area contributed by atoms with Crippen LogP contribution in [-0.4, -0.2) is 39.4 Å². The first-order valence-corrected chi connectivity index (χ1v) is 8.75. The normalized spacial score (nSPS) is 17.5. The Morgan fingerprint density at radius 1 is 1.31 bits per heavy atom. The standard InChI is InChI=1S/C19H20FN5O/c1-21-17-10-12(7-8-22-17)19(26)25-9-3-2-4-16(25)18-23-14-6-5-13(20)11-15(14)24-18/h5-8,10-11,16H,2-4,9H2,1H3,(H,21,22)(H,23,24). The molecule has 1 fully saturated rings. The van der Waals surface area contributed by atoms with E-state index in [0.29, 0.717) is 34.8 Å². The van der Waals surface area contributed by atoms with Crippen LogP contribution in [0.2, 0.25) is 0 Å². The van der Waals surface area contributed by atoms with Crippen molar-refractivity contribution in [2.75, 3.05) is 18.9 Å². The zero-order valence-electron chi connectivity index (χ0n) is 14.5. The number of hydrogen-bond acceptors (Lipinski definition) is 4. The maximum atomic E-state index is 13.5. The Morgan fingerprint density at radius 3 is 3.04 bits per heavy atom. The lowest BCUT2D eigenvalue weighted by molar-refractivity contribution is 0.0601. The molecule has 1 aliphatic rings. The van der Waals surface area contributed by atoms with Gasteiger partial charge in [-0.1, -0.05) is 0 Å². The highest BCUT2D eigenvalue weighted by Gasteiger charge is 2.31. The first-order chi connectivity index (χ1) is 12.7. The second-order valence-electron chi connectivity index (χ2n) is 6.47. The van der Waals surface area contributed by atoms with Crippen LogP contribution < -0.4 is 5.32 Å². The van der Waals surface area contributed by atoms with Crippen molar-refractivity contribution in [3.05, 3.63) is 53.7 Å². The van der Waals surface area contributed by atoms with Crippen molar-refractivity contribution in [3.63, 3.8) is 0 Å². The van der Waals surface area contributed by atoms with Gasteiger partial charge in [0.05, 0.1) is 17.1 Å². The van der Waals surface area contributed by atoms with Crippen LogP contribution in [0.5, 0.6) is 0 Å². The van der Waals surface area contributed by atoms with Crippen molar-refractivity contribution in [1.29, 1.82) is 0 Å². The molecule has 134 valence electrons. The van der Waals surface area contributed by atoms with E-state index >= 15 is 0 Å². The molecule has 0 aliphatic carbocycles. The number of carbonyl (C=O) groups is 1. The number of amides is 1. The van der Waals surface area contributed by atoms with Gasteiger partial charge in [-0.15, -0.1) is 0 Å². The van der Waals surface area contributed by atoms with Gasteiger partial charge in [-0.2, -0.15) is 0 Å². The molecule has 6 nitrogen and oxygen atoms in total. The van der Waals surface area contributed by atoms with Crippen LogP contribution in [0.15, 0.2) is 36.5 Å². The molecule has 0 spiro atoms. The molecule has 1 aromatic carbocycles. The Bertz CT molecular complexity index is 954. The number of H-pyrrole nitrogens is 1. The van der Waals surface area contributed by atoms with Gasteiger partial charge < -0.3 is 15.2 Å². The van der Waals surface area contributed by atoms with E-state index < -0.39 is 0 Å². The Hall–Kier alpha value is -2.96. The molecule has 0 saturated carbocycles. The lowest BCUT2D eigenvalue weighted by atomic mass is 10.0. The molecule has 3 heterocycles. The molecule has 1 saturated heterocycles. The Balaban J connectivity index is 1.67. The molecule has 3 aromatic rings. The molecule has 7 heteroatoms. The number of anilines is 1. The third-order valence-electron chi connectivity index (χ3n) is 4.80. The van der Waals surface area contributed by atoms with Crippen LogP contribution in [-0.2, 0) is 0 Å². The fraction of sp³-hybridized carbons (Fsp3) is 0.316. The van der Waals surface area contributed by atoms with E-state index in [-0.39, 0.29) is 17.8 Å². The van der Waals surface area contributed by atoms with Gasteiger partial charge in [0.15, 0.2) is 0 Å². The van der Waals surface area contributed by atoms with E-state index in [9.17, 15) is 9.18 Å². The van der Waals surface area contributed by atoms with Crippen molar-refractivity contribution in [3.8, 4) is 0 Å². The summed E-state index contributed by atoms with van der Waals surface area (Å²) in [6.45, 7) is 0.673. The summed E-state index contributed by atoms with van der Waals surface area (Å²) in [6, 6.07) is 7.82. The summed E-state index contributed by atoms with van der Waals surface area (Å²) >= 11 is 0. The quantitative estimate of drug-likeness (QED) is 0.756. The molecule has 4 rings (SSSR count). The number of rotatable bonds is 3. The minimum Gasteiger partial charge on any atom is -0.373 e. The number of aromatic nitrogens is 3. The minimum atomic E-state index is -0.305. The van der Waals surface area contributed by atoms with Gasteiger partial charge in [0.25, 0.3) is 5.91 Å².